The number of anilines is 1. The lowest BCUT2D eigenvalue weighted by Gasteiger charge is -2.45. The van der Waals surface area contributed by atoms with Gasteiger partial charge in [-0.3, -0.25) is 4.79 Å². The Balaban J connectivity index is 1.36. The third kappa shape index (κ3) is 3.22. The molecule has 5 nitrogen and oxygen atoms in total. The van der Waals surface area contributed by atoms with E-state index in [2.05, 4.69) is 4.90 Å². The highest BCUT2D eigenvalue weighted by atomic mass is 16.3. The SMILES string of the molecule is NC1C2CCCC1CC(C(=O)N1CCN(c3ccccc3O)CC1)C2. The molecule has 25 heavy (non-hydrogen) atoms. The summed E-state index contributed by atoms with van der Waals surface area (Å²) >= 11 is 0. The molecule has 0 radical (unpaired) electrons. The van der Waals surface area contributed by atoms with Gasteiger partial charge in [-0.05, 0) is 49.7 Å². The minimum absolute atomic E-state index is 0.173. The van der Waals surface area contributed by atoms with Crippen molar-refractivity contribution in [3.8, 4) is 5.75 Å². The molecular formula is C20H29N3O2. The van der Waals surface area contributed by atoms with Crippen molar-refractivity contribution in [2.24, 2.45) is 23.5 Å². The highest BCUT2D eigenvalue weighted by molar-refractivity contribution is 5.79. The first-order chi connectivity index (χ1) is 12.1. The molecule has 1 heterocycles. The van der Waals surface area contributed by atoms with Gasteiger partial charge in [0.15, 0.2) is 0 Å². The molecule has 2 unspecified atom stereocenters. The molecule has 0 aromatic heterocycles. The van der Waals surface area contributed by atoms with Gasteiger partial charge >= 0.3 is 0 Å². The number of hydrogen-bond donors (Lipinski definition) is 2. The summed E-state index contributed by atoms with van der Waals surface area (Å²) in [4.78, 5) is 17.2. The first kappa shape index (κ1) is 16.7. The van der Waals surface area contributed by atoms with Crippen LogP contribution in [0.4, 0.5) is 5.69 Å². The summed E-state index contributed by atoms with van der Waals surface area (Å²) in [5.41, 5.74) is 7.23. The summed E-state index contributed by atoms with van der Waals surface area (Å²) < 4.78 is 0. The van der Waals surface area contributed by atoms with Gasteiger partial charge in [-0.25, -0.2) is 0 Å². The first-order valence-corrected chi connectivity index (χ1v) is 9.71. The normalized spacial score (nSPS) is 32.5. The Hall–Kier alpha value is -1.75. The fourth-order valence-electron chi connectivity index (χ4n) is 5.15. The first-order valence-electron chi connectivity index (χ1n) is 9.71. The van der Waals surface area contributed by atoms with Crippen LogP contribution in [0.5, 0.6) is 5.75 Å². The number of fused-ring (bicyclic) bond motifs is 2. The molecule has 4 rings (SSSR count). The lowest BCUT2D eigenvalue weighted by Crippen LogP contribution is -2.53. The third-order valence-electron chi connectivity index (χ3n) is 6.58. The van der Waals surface area contributed by atoms with Gasteiger partial charge in [-0.15, -0.1) is 0 Å². The fraction of sp³-hybridized carbons (Fsp3) is 0.650. The van der Waals surface area contributed by atoms with Gasteiger partial charge in [0.05, 0.1) is 5.69 Å². The number of piperazine rings is 1. The van der Waals surface area contributed by atoms with Crippen molar-refractivity contribution in [1.29, 1.82) is 0 Å². The monoisotopic (exact) mass is 343 g/mol. The predicted molar refractivity (Wildman–Crippen MR) is 98.4 cm³/mol. The van der Waals surface area contributed by atoms with Crippen molar-refractivity contribution in [3.05, 3.63) is 24.3 Å². The molecule has 136 valence electrons. The molecule has 2 aliphatic carbocycles. The smallest absolute Gasteiger partial charge is 0.225 e. The maximum absolute atomic E-state index is 13.0. The van der Waals surface area contributed by atoms with Crippen LogP contribution in [0, 0.1) is 17.8 Å². The molecule has 1 aliphatic heterocycles. The number of amides is 1. The summed E-state index contributed by atoms with van der Waals surface area (Å²) in [6.07, 6.45) is 5.64. The molecule has 0 spiro atoms. The number of carbonyl (C=O) groups excluding carboxylic acids is 1. The molecule has 2 bridgehead atoms. The van der Waals surface area contributed by atoms with E-state index >= 15 is 0 Å². The predicted octanol–water partition coefficient (Wildman–Crippen LogP) is 2.19. The number of hydrogen-bond acceptors (Lipinski definition) is 4. The maximum Gasteiger partial charge on any atom is 0.225 e. The second-order valence-corrected chi connectivity index (χ2v) is 8.00. The van der Waals surface area contributed by atoms with Crippen LogP contribution < -0.4 is 10.6 Å². The van der Waals surface area contributed by atoms with Crippen molar-refractivity contribution in [2.75, 3.05) is 31.1 Å². The van der Waals surface area contributed by atoms with Crippen LogP contribution in [0.15, 0.2) is 24.3 Å². The molecule has 1 saturated heterocycles. The zero-order chi connectivity index (χ0) is 17.4. The molecule has 2 saturated carbocycles. The lowest BCUT2D eigenvalue weighted by molar-refractivity contribution is -0.138. The van der Waals surface area contributed by atoms with E-state index in [9.17, 15) is 9.90 Å². The summed E-state index contributed by atoms with van der Waals surface area (Å²) in [5.74, 6) is 1.91. The van der Waals surface area contributed by atoms with Crippen LogP contribution in [0.3, 0.4) is 0 Å². The van der Waals surface area contributed by atoms with E-state index in [1.165, 1.54) is 19.3 Å². The maximum atomic E-state index is 13.0. The Bertz CT molecular complexity index is 613. The van der Waals surface area contributed by atoms with Crippen molar-refractivity contribution < 1.29 is 9.90 Å². The van der Waals surface area contributed by atoms with E-state index in [0.29, 0.717) is 29.5 Å². The third-order valence-corrected chi connectivity index (χ3v) is 6.58. The molecule has 3 N–H and O–H groups in total. The standard InChI is InChI=1S/C20H29N3O2/c21-19-14-4-3-5-15(19)13-16(12-14)20(25)23-10-8-22(9-11-23)17-6-1-2-7-18(17)24/h1-2,6-7,14-16,19,24H,3-5,8-13,21H2. The van der Waals surface area contributed by atoms with Crippen LogP contribution >= 0.6 is 0 Å². The molecule has 1 aromatic rings. The van der Waals surface area contributed by atoms with Gasteiger partial charge in [0.1, 0.15) is 5.75 Å². The van der Waals surface area contributed by atoms with Gasteiger partial charge in [0.25, 0.3) is 0 Å². The molecule has 1 amide bonds. The Labute approximate surface area is 149 Å². The average molecular weight is 343 g/mol. The van der Waals surface area contributed by atoms with E-state index < -0.39 is 0 Å². The van der Waals surface area contributed by atoms with E-state index in [4.69, 9.17) is 5.73 Å². The number of phenolic OH excluding ortho intramolecular Hbond substituents is 1. The van der Waals surface area contributed by atoms with Crippen molar-refractivity contribution in [1.82, 2.24) is 4.90 Å². The number of nitrogens with zero attached hydrogens (tertiary/aromatic N) is 2. The second kappa shape index (κ2) is 6.87. The summed E-state index contributed by atoms with van der Waals surface area (Å²) in [7, 11) is 0. The number of rotatable bonds is 2. The zero-order valence-electron chi connectivity index (χ0n) is 14.8. The second-order valence-electron chi connectivity index (χ2n) is 8.00. The van der Waals surface area contributed by atoms with Gasteiger partial charge < -0.3 is 20.6 Å². The van der Waals surface area contributed by atoms with E-state index in [-0.39, 0.29) is 5.92 Å². The number of nitrogens with two attached hydrogens (primary N) is 1. The molecule has 1 aromatic carbocycles. The largest absolute Gasteiger partial charge is 0.506 e. The van der Waals surface area contributed by atoms with Crippen molar-refractivity contribution >= 4 is 11.6 Å². The zero-order valence-corrected chi connectivity index (χ0v) is 14.8. The van der Waals surface area contributed by atoms with Crippen LogP contribution in [-0.2, 0) is 4.79 Å². The van der Waals surface area contributed by atoms with Gasteiger partial charge in [-0.2, -0.15) is 0 Å². The molecule has 5 heteroatoms. The Morgan fingerprint density at radius 1 is 1.04 bits per heavy atom. The van der Waals surface area contributed by atoms with E-state index in [1.807, 2.05) is 23.1 Å². The van der Waals surface area contributed by atoms with Gasteiger partial charge in [0.2, 0.25) is 5.91 Å². The van der Waals surface area contributed by atoms with E-state index in [0.717, 1.165) is 44.7 Å². The number of benzene rings is 1. The fourth-order valence-corrected chi connectivity index (χ4v) is 5.15. The molecule has 3 aliphatic rings. The minimum atomic E-state index is 0.173. The van der Waals surface area contributed by atoms with E-state index in [1.54, 1.807) is 6.07 Å². The highest BCUT2D eigenvalue weighted by Gasteiger charge is 2.41. The summed E-state index contributed by atoms with van der Waals surface area (Å²) in [6.45, 7) is 3.04. The highest BCUT2D eigenvalue weighted by Crippen LogP contribution is 2.42. The lowest BCUT2D eigenvalue weighted by atomic mass is 9.65. The number of para-hydroxylation sites is 2. The minimum Gasteiger partial charge on any atom is -0.506 e. The Kier molecular flexibility index (Phi) is 4.59. The molecule has 3 fully saturated rings. The summed E-state index contributed by atoms with van der Waals surface area (Å²) in [6, 6.07) is 7.75. The van der Waals surface area contributed by atoms with Crippen LogP contribution in [0.2, 0.25) is 0 Å². The number of aromatic hydroxyl groups is 1. The Morgan fingerprint density at radius 3 is 2.32 bits per heavy atom. The van der Waals surface area contributed by atoms with Gasteiger partial charge in [-0.1, -0.05) is 18.6 Å². The van der Waals surface area contributed by atoms with Crippen LogP contribution in [0.1, 0.15) is 32.1 Å². The average Bonchev–Trinajstić information content (AvgIpc) is 2.61. The number of carbonyl (C=O) groups is 1. The van der Waals surface area contributed by atoms with Crippen molar-refractivity contribution in [2.45, 2.75) is 38.1 Å². The Morgan fingerprint density at radius 2 is 1.68 bits per heavy atom. The topological polar surface area (TPSA) is 69.8 Å². The van der Waals surface area contributed by atoms with Crippen molar-refractivity contribution in [3.63, 3.8) is 0 Å². The van der Waals surface area contributed by atoms with Crippen LogP contribution in [0.25, 0.3) is 0 Å². The number of phenols is 1. The molecular weight excluding hydrogens is 314 g/mol. The van der Waals surface area contributed by atoms with Crippen LogP contribution in [-0.4, -0.2) is 48.1 Å². The summed E-state index contributed by atoms with van der Waals surface area (Å²) in [5, 5.41) is 10.0. The quantitative estimate of drug-likeness (QED) is 0.864. The van der Waals surface area contributed by atoms with Gasteiger partial charge in [0, 0.05) is 38.1 Å². The molecule has 2 atom stereocenters.